The number of H-pyrrole nitrogens is 1. The minimum Gasteiger partial charge on any atom is -0.505 e. The van der Waals surface area contributed by atoms with E-state index in [-0.39, 0.29) is 47.6 Å². The Morgan fingerprint density at radius 2 is 1.76 bits per heavy atom. The molecule has 0 bridgehead atoms. The highest BCUT2D eigenvalue weighted by molar-refractivity contribution is 5.76. The van der Waals surface area contributed by atoms with Gasteiger partial charge >= 0.3 is 12.1 Å². The fourth-order valence-electron chi connectivity index (χ4n) is 3.21. The molecule has 3 rings (SSSR count). The molecule has 178 valence electrons. The van der Waals surface area contributed by atoms with Gasteiger partial charge in [-0.3, -0.25) is 19.4 Å². The number of aryl methyl sites for hydroxylation is 2. The Labute approximate surface area is 191 Å². The fraction of sp³-hybridized carbons (Fsp3) is 0.217. The first-order valence-electron chi connectivity index (χ1n) is 10.2. The van der Waals surface area contributed by atoms with Gasteiger partial charge in [0.2, 0.25) is 0 Å². The predicted octanol–water partition coefficient (Wildman–Crippen LogP) is 5.66. The first kappa shape index (κ1) is 24.5. The second-order valence-corrected chi connectivity index (χ2v) is 7.37. The number of hydrogen-bond acceptors (Lipinski definition) is 5. The lowest BCUT2D eigenvalue weighted by Crippen LogP contribution is -2.17. The minimum atomic E-state index is -4.52. The second kappa shape index (κ2) is 10.2. The van der Waals surface area contributed by atoms with E-state index in [1.807, 2.05) is 0 Å². The monoisotopic (exact) mass is 474 g/mol. The number of rotatable bonds is 8. The number of phenolic OH excluding ortho intramolecular Hbond substituents is 1. The molecule has 0 saturated heterocycles. The number of alkyl halides is 3. The summed E-state index contributed by atoms with van der Waals surface area (Å²) < 4.78 is 40.8. The Morgan fingerprint density at radius 3 is 2.47 bits per heavy atom. The zero-order valence-electron chi connectivity index (χ0n) is 18.0. The van der Waals surface area contributed by atoms with E-state index >= 15 is 0 Å². The third kappa shape index (κ3) is 5.80. The number of hydrogen-bond donors (Lipinski definition) is 3. The number of carbonyl (C=O) groups is 1. The van der Waals surface area contributed by atoms with Gasteiger partial charge in [0.15, 0.2) is 5.69 Å². The van der Waals surface area contributed by atoms with Crippen molar-refractivity contribution in [1.82, 2.24) is 9.78 Å². The average molecular weight is 474 g/mol. The van der Waals surface area contributed by atoms with Crippen molar-refractivity contribution in [3.8, 4) is 5.75 Å². The molecule has 3 N–H and O–H groups in total. The van der Waals surface area contributed by atoms with Crippen molar-refractivity contribution < 1.29 is 28.2 Å². The van der Waals surface area contributed by atoms with Crippen LogP contribution in [0, 0.1) is 6.92 Å². The summed E-state index contributed by atoms with van der Waals surface area (Å²) in [5.74, 6) is -1.29. The van der Waals surface area contributed by atoms with Gasteiger partial charge in [-0.15, -0.1) is 10.2 Å². The molecule has 8 nitrogen and oxygen atoms in total. The van der Waals surface area contributed by atoms with Crippen LogP contribution in [0.1, 0.15) is 35.2 Å². The van der Waals surface area contributed by atoms with Crippen LogP contribution in [0.4, 0.5) is 24.5 Å². The number of aliphatic carboxylic acids is 1. The number of carboxylic acids is 1. The number of nitrogens with zero attached hydrogens (tertiary/aromatic N) is 3. The van der Waals surface area contributed by atoms with Gasteiger partial charge in [-0.25, -0.2) is 0 Å². The number of aromatic nitrogens is 2. The van der Waals surface area contributed by atoms with Crippen LogP contribution in [0.5, 0.6) is 5.75 Å². The van der Waals surface area contributed by atoms with Gasteiger partial charge in [0, 0.05) is 18.5 Å². The molecule has 0 aliphatic heterocycles. The van der Waals surface area contributed by atoms with Crippen LogP contribution >= 0.6 is 0 Å². The molecular formula is C23H21F3N4O4. The van der Waals surface area contributed by atoms with Crippen molar-refractivity contribution in [2.75, 3.05) is 0 Å². The Kier molecular flexibility index (Phi) is 7.34. The zero-order valence-corrected chi connectivity index (χ0v) is 18.0. The van der Waals surface area contributed by atoms with E-state index in [4.69, 9.17) is 5.11 Å². The minimum absolute atomic E-state index is 0.00484. The van der Waals surface area contributed by atoms with E-state index in [0.29, 0.717) is 5.69 Å². The standard InChI is InChI=1S/C23H21F3N4O4/c1-14-20(22(34)30(29-14)13-5-10-19(31)32)28-27-18-9-4-7-16(21(18)33)12-11-15-6-2-3-8-17(15)23(24,25)26/h2-4,6-9,11-12,29,33H,5,10,13H2,1H3,(H,31,32)/b12-11+,28-27?. The molecule has 1 heterocycles. The van der Waals surface area contributed by atoms with Crippen molar-refractivity contribution in [3.05, 3.63) is 75.2 Å². The lowest BCUT2D eigenvalue weighted by atomic mass is 10.0. The average Bonchev–Trinajstić information content (AvgIpc) is 3.04. The summed E-state index contributed by atoms with van der Waals surface area (Å²) in [7, 11) is 0. The third-order valence-corrected chi connectivity index (χ3v) is 4.89. The fourth-order valence-corrected chi connectivity index (χ4v) is 3.21. The maximum atomic E-state index is 13.2. The molecule has 0 radical (unpaired) electrons. The first-order chi connectivity index (χ1) is 16.1. The number of nitrogens with one attached hydrogen (secondary N) is 1. The van der Waals surface area contributed by atoms with Crippen LogP contribution in [-0.2, 0) is 17.5 Å². The lowest BCUT2D eigenvalue weighted by Gasteiger charge is -2.09. The molecule has 11 heteroatoms. The first-order valence-corrected chi connectivity index (χ1v) is 10.2. The molecule has 0 aliphatic rings. The van der Waals surface area contributed by atoms with E-state index in [0.717, 1.165) is 6.07 Å². The quantitative estimate of drug-likeness (QED) is 0.288. The Morgan fingerprint density at radius 1 is 1.09 bits per heavy atom. The van der Waals surface area contributed by atoms with Crippen LogP contribution in [0.2, 0.25) is 0 Å². The van der Waals surface area contributed by atoms with E-state index in [9.17, 15) is 27.9 Å². The molecule has 0 atom stereocenters. The number of phenols is 1. The molecule has 3 aromatic rings. The summed E-state index contributed by atoms with van der Waals surface area (Å²) in [4.78, 5) is 23.1. The van der Waals surface area contributed by atoms with Crippen LogP contribution in [0.3, 0.4) is 0 Å². The van der Waals surface area contributed by atoms with Crippen molar-refractivity contribution >= 4 is 29.5 Å². The van der Waals surface area contributed by atoms with Crippen LogP contribution in [-0.4, -0.2) is 26.0 Å². The Hall–Kier alpha value is -4.15. The van der Waals surface area contributed by atoms with Gasteiger partial charge in [0.1, 0.15) is 11.4 Å². The molecule has 0 amide bonds. The SMILES string of the molecule is Cc1[nH]n(CCCC(=O)O)c(=O)c1N=Nc1cccc(/C=C/c2ccccc2C(F)(F)F)c1O. The molecule has 0 unspecified atom stereocenters. The maximum Gasteiger partial charge on any atom is 0.416 e. The molecule has 0 spiro atoms. The van der Waals surface area contributed by atoms with Crippen LogP contribution in [0.15, 0.2) is 57.5 Å². The van der Waals surface area contributed by atoms with Crippen LogP contribution in [0.25, 0.3) is 12.2 Å². The number of aromatic hydroxyl groups is 1. The van der Waals surface area contributed by atoms with E-state index in [1.165, 1.54) is 53.2 Å². The van der Waals surface area contributed by atoms with E-state index < -0.39 is 23.3 Å². The highest BCUT2D eigenvalue weighted by atomic mass is 19.4. The summed E-state index contributed by atoms with van der Waals surface area (Å²) in [6.45, 7) is 1.76. The number of para-hydroxylation sites is 1. The molecular weight excluding hydrogens is 453 g/mol. The summed E-state index contributed by atoms with van der Waals surface area (Å²) in [6, 6.07) is 9.53. The lowest BCUT2D eigenvalue weighted by molar-refractivity contribution is -0.138. The summed E-state index contributed by atoms with van der Waals surface area (Å²) in [5, 5.41) is 29.9. The van der Waals surface area contributed by atoms with E-state index in [2.05, 4.69) is 15.3 Å². The number of azo groups is 1. The Balaban J connectivity index is 1.84. The summed E-state index contributed by atoms with van der Waals surface area (Å²) in [6.07, 6.45) is -1.80. The van der Waals surface area contributed by atoms with Gasteiger partial charge in [0.05, 0.1) is 11.3 Å². The predicted molar refractivity (Wildman–Crippen MR) is 119 cm³/mol. The molecule has 34 heavy (non-hydrogen) atoms. The number of halogens is 3. The number of aromatic amines is 1. The van der Waals surface area contributed by atoms with Gasteiger partial charge in [-0.1, -0.05) is 42.5 Å². The number of carboxylic acid groups (broad SMARTS) is 1. The van der Waals surface area contributed by atoms with Crippen molar-refractivity contribution in [2.24, 2.45) is 10.2 Å². The molecule has 1 aromatic heterocycles. The Bertz CT molecular complexity index is 1310. The highest BCUT2D eigenvalue weighted by Gasteiger charge is 2.32. The molecule has 0 aliphatic carbocycles. The third-order valence-electron chi connectivity index (χ3n) is 4.89. The van der Waals surface area contributed by atoms with Crippen molar-refractivity contribution in [3.63, 3.8) is 0 Å². The van der Waals surface area contributed by atoms with Gasteiger partial charge in [-0.2, -0.15) is 13.2 Å². The largest absolute Gasteiger partial charge is 0.505 e. The number of benzene rings is 2. The van der Waals surface area contributed by atoms with Crippen molar-refractivity contribution in [2.45, 2.75) is 32.5 Å². The van der Waals surface area contributed by atoms with Gasteiger partial charge in [-0.05, 0) is 31.0 Å². The topological polar surface area (TPSA) is 120 Å². The highest BCUT2D eigenvalue weighted by Crippen LogP contribution is 2.35. The molecule has 2 aromatic carbocycles. The second-order valence-electron chi connectivity index (χ2n) is 7.37. The van der Waals surface area contributed by atoms with Crippen molar-refractivity contribution in [1.29, 1.82) is 0 Å². The normalized spacial score (nSPS) is 12.1. The van der Waals surface area contributed by atoms with E-state index in [1.54, 1.807) is 6.92 Å². The summed E-state index contributed by atoms with van der Waals surface area (Å²) in [5.41, 5.74) is -0.727. The maximum absolute atomic E-state index is 13.2. The molecule has 0 fully saturated rings. The van der Waals surface area contributed by atoms with Gasteiger partial charge in [0.25, 0.3) is 5.56 Å². The summed E-state index contributed by atoms with van der Waals surface area (Å²) >= 11 is 0. The smallest absolute Gasteiger partial charge is 0.416 e. The molecule has 0 saturated carbocycles. The van der Waals surface area contributed by atoms with Crippen LogP contribution < -0.4 is 5.56 Å². The zero-order chi connectivity index (χ0) is 24.9. The van der Waals surface area contributed by atoms with Gasteiger partial charge < -0.3 is 10.2 Å².